The average molecular weight is 558 g/mol. The van der Waals surface area contributed by atoms with E-state index in [4.69, 9.17) is 18.9 Å². The Bertz CT molecular complexity index is 1180. The Morgan fingerprint density at radius 3 is 2.52 bits per heavy atom. The number of allylic oxidation sites excluding steroid dienone is 1. The molecule has 4 rings (SSSR count). The summed E-state index contributed by atoms with van der Waals surface area (Å²) in [6.07, 6.45) is 3.16. The molecule has 0 spiro atoms. The van der Waals surface area contributed by atoms with Gasteiger partial charge in [-0.25, -0.2) is 4.79 Å². The van der Waals surface area contributed by atoms with Crippen molar-refractivity contribution in [3.8, 4) is 5.75 Å². The lowest BCUT2D eigenvalue weighted by Crippen LogP contribution is -2.61. The summed E-state index contributed by atoms with van der Waals surface area (Å²) < 4.78 is 22.2. The van der Waals surface area contributed by atoms with Gasteiger partial charge in [0.1, 0.15) is 17.6 Å². The number of carbonyl (C=O) groups excluding carboxylic acids is 4. The fraction of sp³-hybridized carbons (Fsp3) is 0.600. The van der Waals surface area contributed by atoms with Gasteiger partial charge in [0, 0.05) is 24.3 Å². The van der Waals surface area contributed by atoms with E-state index < -0.39 is 58.5 Å². The minimum absolute atomic E-state index is 0.145. The third-order valence-electron chi connectivity index (χ3n) is 9.08. The maximum absolute atomic E-state index is 13.8. The van der Waals surface area contributed by atoms with Gasteiger partial charge in [0.15, 0.2) is 5.78 Å². The Morgan fingerprint density at radius 2 is 1.93 bits per heavy atom. The minimum atomic E-state index is -1.76. The number of ketones is 1. The zero-order valence-corrected chi connectivity index (χ0v) is 23.8. The summed E-state index contributed by atoms with van der Waals surface area (Å²) in [7, 11) is 2.79. The Morgan fingerprint density at radius 1 is 1.25 bits per heavy atom. The van der Waals surface area contributed by atoms with Crippen LogP contribution < -0.4 is 10.1 Å². The summed E-state index contributed by atoms with van der Waals surface area (Å²) >= 11 is 0. The largest absolute Gasteiger partial charge is 0.509 e. The Balaban J connectivity index is 1.66. The van der Waals surface area contributed by atoms with E-state index in [0.29, 0.717) is 12.7 Å². The molecule has 0 aromatic heterocycles. The number of aldehydes is 1. The highest BCUT2D eigenvalue weighted by atomic mass is 16.7. The first-order valence-electron chi connectivity index (χ1n) is 13.6. The Hall–Kier alpha value is -3.24. The maximum atomic E-state index is 13.8. The van der Waals surface area contributed by atoms with E-state index in [0.717, 1.165) is 11.3 Å². The average Bonchev–Trinajstić information content (AvgIpc) is 3.54. The van der Waals surface area contributed by atoms with Gasteiger partial charge >= 0.3 is 6.16 Å². The molecule has 3 aliphatic rings. The molecule has 2 N–H and O–H groups in total. The minimum Gasteiger partial charge on any atom is -0.497 e. The van der Waals surface area contributed by atoms with E-state index in [9.17, 15) is 24.3 Å². The summed E-state index contributed by atoms with van der Waals surface area (Å²) in [6.45, 7) is 7.01. The molecule has 0 bridgehead atoms. The van der Waals surface area contributed by atoms with Crippen molar-refractivity contribution < 1.29 is 43.2 Å². The summed E-state index contributed by atoms with van der Waals surface area (Å²) in [5.74, 6) is -1.96. The van der Waals surface area contributed by atoms with Gasteiger partial charge in [-0.05, 0) is 50.3 Å². The number of amides is 1. The van der Waals surface area contributed by atoms with Crippen molar-refractivity contribution in [1.82, 2.24) is 5.32 Å². The van der Waals surface area contributed by atoms with Gasteiger partial charge in [-0.15, -0.1) is 0 Å². The normalized spacial score (nSPS) is 34.6. The van der Waals surface area contributed by atoms with E-state index >= 15 is 0 Å². The van der Waals surface area contributed by atoms with Crippen LogP contribution in [-0.4, -0.2) is 72.4 Å². The van der Waals surface area contributed by atoms with Crippen LogP contribution in [0.1, 0.15) is 46.1 Å². The van der Waals surface area contributed by atoms with Crippen LogP contribution in [0.5, 0.6) is 5.75 Å². The van der Waals surface area contributed by atoms with Crippen LogP contribution in [0.15, 0.2) is 36.4 Å². The fourth-order valence-corrected chi connectivity index (χ4v) is 6.66. The number of hydrogen-bond acceptors (Lipinski definition) is 9. The number of hydrogen-bond donors (Lipinski definition) is 2. The third-order valence-corrected chi connectivity index (χ3v) is 9.08. The molecule has 1 aliphatic carbocycles. The number of aliphatic hydroxyl groups is 1. The molecule has 2 aliphatic heterocycles. The summed E-state index contributed by atoms with van der Waals surface area (Å²) in [6, 6.07) is 7.24. The van der Waals surface area contributed by atoms with Crippen LogP contribution in [0.25, 0.3) is 0 Å². The number of nitrogens with one attached hydrogen (secondary N) is 1. The molecule has 1 saturated carbocycles. The van der Waals surface area contributed by atoms with E-state index in [1.54, 1.807) is 26.2 Å². The molecule has 218 valence electrons. The molecule has 1 aromatic rings. The lowest BCUT2D eigenvalue weighted by molar-refractivity contribution is -0.153. The Kier molecular flexibility index (Phi) is 8.15. The first-order chi connectivity index (χ1) is 18.8. The number of rotatable bonds is 11. The topological polar surface area (TPSA) is 141 Å². The lowest BCUT2D eigenvalue weighted by Gasteiger charge is -2.45. The standard InChI is InChI=1S/C30H39NO9/c1-17(24(33)28(3,36)14-15-32)8-7-9-21-25-29(4,39-25)18(2)23-22(16-19-10-12-20(37-5)13-11-19)31-26(34)30(21,23)40-27(35)38-6/h7,9-13,15,17-18,21-23,25,36H,8,14,16H2,1-6H3,(H,31,34)/t17-,18-,21-,22-,23-,25-,28+,29+,30+/m0/s1. The molecule has 1 amide bonds. The van der Waals surface area contributed by atoms with Gasteiger partial charge in [0.2, 0.25) is 5.60 Å². The molecule has 10 nitrogen and oxygen atoms in total. The van der Waals surface area contributed by atoms with E-state index in [1.807, 2.05) is 38.1 Å². The van der Waals surface area contributed by atoms with Gasteiger partial charge in [-0.3, -0.25) is 9.59 Å². The summed E-state index contributed by atoms with van der Waals surface area (Å²) in [5, 5.41) is 13.5. The van der Waals surface area contributed by atoms with Gasteiger partial charge < -0.3 is 34.2 Å². The molecule has 40 heavy (non-hydrogen) atoms. The number of carbonyl (C=O) groups is 4. The summed E-state index contributed by atoms with van der Waals surface area (Å²) in [5.41, 5.74) is -2.90. The van der Waals surface area contributed by atoms with Crippen LogP contribution in [0.3, 0.4) is 0 Å². The van der Waals surface area contributed by atoms with Crippen molar-refractivity contribution in [2.24, 2.45) is 23.7 Å². The molecule has 9 atom stereocenters. The number of Topliss-reactive ketones (excluding diaryl/α,β-unsaturated/α-hetero) is 1. The SMILES string of the molecule is COC(=O)O[C@@]12C(=O)N[C@@H](Cc3ccc(OC)cc3)[C@@H]1[C@H](C)[C@@]1(C)O[C@H]1[C@@H]2C=CC[C@H](C)C(=O)[C@](C)(O)CC=O. The molecular formula is C30H39NO9. The first-order valence-corrected chi connectivity index (χ1v) is 13.6. The Labute approximate surface area is 234 Å². The van der Waals surface area contributed by atoms with Crippen LogP contribution in [-0.2, 0) is 35.0 Å². The van der Waals surface area contributed by atoms with Crippen LogP contribution in [0.4, 0.5) is 4.79 Å². The summed E-state index contributed by atoms with van der Waals surface area (Å²) in [4.78, 5) is 50.0. The second kappa shape index (κ2) is 11.0. The van der Waals surface area contributed by atoms with Crippen molar-refractivity contribution in [2.45, 2.75) is 75.9 Å². The second-order valence-electron chi connectivity index (χ2n) is 11.6. The number of epoxide rings is 1. The monoisotopic (exact) mass is 557 g/mol. The zero-order valence-electron chi connectivity index (χ0n) is 23.8. The van der Waals surface area contributed by atoms with Crippen LogP contribution in [0, 0.1) is 23.7 Å². The molecule has 0 radical (unpaired) electrons. The predicted molar refractivity (Wildman–Crippen MR) is 144 cm³/mol. The molecular weight excluding hydrogens is 518 g/mol. The number of fused-ring (bicyclic) bond motifs is 2. The molecule has 2 heterocycles. The maximum Gasteiger partial charge on any atom is 0.509 e. The highest BCUT2D eigenvalue weighted by Gasteiger charge is 2.78. The molecule has 1 aromatic carbocycles. The van der Waals surface area contributed by atoms with Crippen molar-refractivity contribution in [1.29, 1.82) is 0 Å². The number of ether oxygens (including phenoxy) is 4. The predicted octanol–water partition coefficient (Wildman–Crippen LogP) is 2.79. The molecule has 0 unspecified atom stereocenters. The van der Waals surface area contributed by atoms with Crippen molar-refractivity contribution in [2.75, 3.05) is 14.2 Å². The third kappa shape index (κ3) is 5.03. The smallest absolute Gasteiger partial charge is 0.497 e. The molecule has 2 saturated heterocycles. The lowest BCUT2D eigenvalue weighted by atomic mass is 9.59. The van der Waals surface area contributed by atoms with Gasteiger partial charge in [0.05, 0.1) is 31.8 Å². The van der Waals surface area contributed by atoms with E-state index in [1.165, 1.54) is 14.0 Å². The highest BCUT2D eigenvalue weighted by molar-refractivity contribution is 5.92. The van der Waals surface area contributed by atoms with Crippen molar-refractivity contribution >= 4 is 24.1 Å². The van der Waals surface area contributed by atoms with Crippen molar-refractivity contribution in [3.63, 3.8) is 0 Å². The number of benzene rings is 1. The van der Waals surface area contributed by atoms with Crippen LogP contribution >= 0.6 is 0 Å². The van der Waals surface area contributed by atoms with Crippen LogP contribution in [0.2, 0.25) is 0 Å². The van der Waals surface area contributed by atoms with Crippen molar-refractivity contribution in [3.05, 3.63) is 42.0 Å². The van der Waals surface area contributed by atoms with Gasteiger partial charge in [-0.1, -0.05) is 38.1 Å². The van der Waals surface area contributed by atoms with Gasteiger partial charge in [0.25, 0.3) is 5.91 Å². The molecule has 3 fully saturated rings. The molecule has 10 heteroatoms. The second-order valence-corrected chi connectivity index (χ2v) is 11.6. The zero-order chi connectivity index (χ0) is 29.5. The van der Waals surface area contributed by atoms with Gasteiger partial charge in [-0.2, -0.15) is 0 Å². The quantitative estimate of drug-likeness (QED) is 0.182. The van der Waals surface area contributed by atoms with E-state index in [-0.39, 0.29) is 24.8 Å². The highest BCUT2D eigenvalue weighted by Crippen LogP contribution is 2.63. The number of methoxy groups -OCH3 is 2. The fourth-order valence-electron chi connectivity index (χ4n) is 6.66. The van der Waals surface area contributed by atoms with E-state index in [2.05, 4.69) is 5.32 Å². The first kappa shape index (κ1) is 29.7.